The van der Waals surface area contributed by atoms with Crippen molar-refractivity contribution in [3.05, 3.63) is 59.7 Å². The predicted octanol–water partition coefficient (Wildman–Crippen LogP) is 4.63. The average Bonchev–Trinajstić information content (AvgIpc) is 3.12. The van der Waals surface area contributed by atoms with Crippen LogP contribution >= 0.6 is 0 Å². The molecule has 1 aliphatic carbocycles. The number of anilines is 1. The van der Waals surface area contributed by atoms with Gasteiger partial charge in [-0.15, -0.1) is 0 Å². The van der Waals surface area contributed by atoms with Crippen molar-refractivity contribution in [1.29, 1.82) is 0 Å². The van der Waals surface area contributed by atoms with E-state index in [0.717, 1.165) is 23.4 Å². The van der Waals surface area contributed by atoms with Gasteiger partial charge in [-0.25, -0.2) is 0 Å². The quantitative estimate of drug-likeness (QED) is 0.799. The molecule has 0 saturated heterocycles. The standard InChI is InChI=1S/C21H23NO3/c1-3-25-17-11-5-9-15-13-7-4-8-14(13)19(22-20(15)17)16-10-6-12-18(24-2)21(16)23/h4-7,9-14,19,22-23H,3,8H2,1-2H3. The van der Waals surface area contributed by atoms with E-state index in [4.69, 9.17) is 9.47 Å². The van der Waals surface area contributed by atoms with Gasteiger partial charge in [0.2, 0.25) is 0 Å². The number of allylic oxidation sites excluding steroid dienone is 2. The summed E-state index contributed by atoms with van der Waals surface area (Å²) in [6.45, 7) is 2.61. The zero-order chi connectivity index (χ0) is 17.4. The highest BCUT2D eigenvalue weighted by Crippen LogP contribution is 2.53. The second kappa shape index (κ2) is 6.36. The summed E-state index contributed by atoms with van der Waals surface area (Å²) in [6, 6.07) is 11.9. The smallest absolute Gasteiger partial charge is 0.163 e. The van der Waals surface area contributed by atoms with Crippen molar-refractivity contribution in [2.24, 2.45) is 5.92 Å². The van der Waals surface area contributed by atoms with E-state index in [1.54, 1.807) is 13.2 Å². The van der Waals surface area contributed by atoms with Gasteiger partial charge >= 0.3 is 0 Å². The fraction of sp³-hybridized carbons (Fsp3) is 0.333. The molecule has 0 bridgehead atoms. The lowest BCUT2D eigenvalue weighted by atomic mass is 9.76. The zero-order valence-electron chi connectivity index (χ0n) is 14.5. The van der Waals surface area contributed by atoms with Gasteiger partial charge < -0.3 is 19.9 Å². The van der Waals surface area contributed by atoms with Crippen LogP contribution in [-0.4, -0.2) is 18.8 Å². The number of aromatic hydroxyl groups is 1. The van der Waals surface area contributed by atoms with Crippen molar-refractivity contribution >= 4 is 5.69 Å². The highest BCUT2D eigenvalue weighted by Gasteiger charge is 2.40. The first-order valence-corrected chi connectivity index (χ1v) is 8.79. The molecule has 2 aromatic rings. The number of phenols is 1. The fourth-order valence-corrected chi connectivity index (χ4v) is 4.13. The molecule has 1 heterocycles. The second-order valence-corrected chi connectivity index (χ2v) is 6.53. The van der Waals surface area contributed by atoms with E-state index in [0.29, 0.717) is 24.2 Å². The Labute approximate surface area is 148 Å². The molecule has 4 rings (SSSR count). The van der Waals surface area contributed by atoms with Crippen molar-refractivity contribution < 1.29 is 14.6 Å². The van der Waals surface area contributed by atoms with Crippen LogP contribution in [-0.2, 0) is 0 Å². The summed E-state index contributed by atoms with van der Waals surface area (Å²) >= 11 is 0. The van der Waals surface area contributed by atoms with Gasteiger partial charge in [-0.1, -0.05) is 36.4 Å². The van der Waals surface area contributed by atoms with E-state index in [-0.39, 0.29) is 11.8 Å². The van der Waals surface area contributed by atoms with E-state index in [1.807, 2.05) is 25.1 Å². The third-order valence-electron chi connectivity index (χ3n) is 5.24. The van der Waals surface area contributed by atoms with Gasteiger partial charge in [-0.3, -0.25) is 0 Å². The Morgan fingerprint density at radius 1 is 1.12 bits per heavy atom. The summed E-state index contributed by atoms with van der Waals surface area (Å²) < 4.78 is 11.1. The van der Waals surface area contributed by atoms with Gasteiger partial charge in [-0.05, 0) is 37.0 Å². The average molecular weight is 337 g/mol. The van der Waals surface area contributed by atoms with E-state index in [9.17, 15) is 5.11 Å². The molecular formula is C21H23NO3. The third-order valence-corrected chi connectivity index (χ3v) is 5.24. The lowest BCUT2D eigenvalue weighted by Gasteiger charge is -2.38. The molecule has 3 atom stereocenters. The maximum Gasteiger partial charge on any atom is 0.163 e. The first-order chi connectivity index (χ1) is 12.2. The molecule has 2 N–H and O–H groups in total. The number of methoxy groups -OCH3 is 1. The highest BCUT2D eigenvalue weighted by atomic mass is 16.5. The first kappa shape index (κ1) is 15.9. The molecule has 0 spiro atoms. The number of ether oxygens (including phenoxy) is 2. The molecule has 1 aliphatic heterocycles. The van der Waals surface area contributed by atoms with Crippen LogP contribution in [0.3, 0.4) is 0 Å². The van der Waals surface area contributed by atoms with Gasteiger partial charge in [0.15, 0.2) is 11.5 Å². The highest BCUT2D eigenvalue weighted by molar-refractivity contribution is 5.68. The second-order valence-electron chi connectivity index (χ2n) is 6.53. The lowest BCUT2D eigenvalue weighted by Crippen LogP contribution is -2.29. The monoisotopic (exact) mass is 337 g/mol. The number of hydrogen-bond donors (Lipinski definition) is 2. The normalized spacial score (nSPS) is 23.5. The molecule has 3 unspecified atom stereocenters. The maximum atomic E-state index is 10.7. The van der Waals surface area contributed by atoms with E-state index >= 15 is 0 Å². The zero-order valence-corrected chi connectivity index (χ0v) is 14.5. The largest absolute Gasteiger partial charge is 0.504 e. The van der Waals surface area contributed by atoms with Crippen molar-refractivity contribution in [2.75, 3.05) is 19.0 Å². The number of hydrogen-bond acceptors (Lipinski definition) is 4. The van der Waals surface area contributed by atoms with Crippen LogP contribution in [0.5, 0.6) is 17.2 Å². The Hall–Kier alpha value is -2.62. The summed E-state index contributed by atoms with van der Waals surface area (Å²) in [6.07, 6.45) is 5.51. The molecule has 0 saturated carbocycles. The Morgan fingerprint density at radius 2 is 1.88 bits per heavy atom. The number of rotatable bonds is 4. The Balaban J connectivity index is 1.82. The molecule has 2 aliphatic rings. The molecule has 130 valence electrons. The van der Waals surface area contributed by atoms with Crippen LogP contribution in [0, 0.1) is 5.92 Å². The fourth-order valence-electron chi connectivity index (χ4n) is 4.13. The van der Waals surface area contributed by atoms with Crippen molar-refractivity contribution in [3.8, 4) is 17.2 Å². The number of phenolic OH excluding ortho intramolecular Hbond substituents is 1. The minimum atomic E-state index is 0.00389. The van der Waals surface area contributed by atoms with Crippen molar-refractivity contribution in [3.63, 3.8) is 0 Å². The van der Waals surface area contributed by atoms with Crippen LogP contribution in [0.1, 0.15) is 36.4 Å². The van der Waals surface area contributed by atoms with Crippen LogP contribution < -0.4 is 14.8 Å². The molecule has 0 amide bonds. The van der Waals surface area contributed by atoms with E-state index < -0.39 is 0 Å². The summed E-state index contributed by atoms with van der Waals surface area (Å²) in [5, 5.41) is 14.3. The minimum absolute atomic E-state index is 0.00389. The minimum Gasteiger partial charge on any atom is -0.504 e. The Morgan fingerprint density at radius 3 is 2.64 bits per heavy atom. The molecule has 2 aromatic carbocycles. The maximum absolute atomic E-state index is 10.7. The van der Waals surface area contributed by atoms with Gasteiger partial charge in [0.05, 0.1) is 25.4 Å². The predicted molar refractivity (Wildman–Crippen MR) is 98.6 cm³/mol. The topological polar surface area (TPSA) is 50.7 Å². The first-order valence-electron chi connectivity index (χ1n) is 8.79. The molecule has 4 heteroatoms. The number of benzene rings is 2. The number of para-hydroxylation sites is 2. The van der Waals surface area contributed by atoms with Gasteiger partial charge in [0, 0.05) is 11.5 Å². The SMILES string of the molecule is CCOc1cccc2c1NC(c1cccc(OC)c1O)C1CC=CC21. The van der Waals surface area contributed by atoms with E-state index in [2.05, 4.69) is 29.6 Å². The molecular weight excluding hydrogens is 314 g/mol. The van der Waals surface area contributed by atoms with Crippen LogP contribution in [0.25, 0.3) is 0 Å². The molecule has 0 radical (unpaired) electrons. The number of nitrogens with one attached hydrogen (secondary N) is 1. The van der Waals surface area contributed by atoms with E-state index in [1.165, 1.54) is 5.56 Å². The Bertz CT molecular complexity index is 815. The summed E-state index contributed by atoms with van der Waals surface area (Å²) in [5.74, 6) is 2.27. The van der Waals surface area contributed by atoms with Crippen LogP contribution in [0.2, 0.25) is 0 Å². The van der Waals surface area contributed by atoms with Crippen LogP contribution in [0.15, 0.2) is 48.6 Å². The Kier molecular flexibility index (Phi) is 4.04. The van der Waals surface area contributed by atoms with Gasteiger partial charge in [0.25, 0.3) is 0 Å². The molecule has 0 aromatic heterocycles. The van der Waals surface area contributed by atoms with Crippen LogP contribution in [0.4, 0.5) is 5.69 Å². The molecule has 4 nitrogen and oxygen atoms in total. The summed E-state index contributed by atoms with van der Waals surface area (Å²) in [5.41, 5.74) is 3.17. The molecule has 0 fully saturated rings. The summed E-state index contributed by atoms with van der Waals surface area (Å²) in [4.78, 5) is 0. The van der Waals surface area contributed by atoms with Gasteiger partial charge in [-0.2, -0.15) is 0 Å². The lowest BCUT2D eigenvalue weighted by molar-refractivity contribution is 0.335. The molecule has 25 heavy (non-hydrogen) atoms. The van der Waals surface area contributed by atoms with Gasteiger partial charge in [0.1, 0.15) is 5.75 Å². The van der Waals surface area contributed by atoms with Crippen molar-refractivity contribution in [2.45, 2.75) is 25.3 Å². The number of fused-ring (bicyclic) bond motifs is 3. The third kappa shape index (κ3) is 2.53. The van der Waals surface area contributed by atoms with Crippen molar-refractivity contribution in [1.82, 2.24) is 0 Å². The summed E-state index contributed by atoms with van der Waals surface area (Å²) in [7, 11) is 1.58.